The zero-order chi connectivity index (χ0) is 12.1. The van der Waals surface area contributed by atoms with Gasteiger partial charge >= 0.3 is 5.97 Å². The Morgan fingerprint density at radius 3 is 2.75 bits per heavy atom. The lowest BCUT2D eigenvalue weighted by molar-refractivity contribution is -0.139. The topological polar surface area (TPSA) is 92.4 Å². The summed E-state index contributed by atoms with van der Waals surface area (Å²) in [6.07, 6.45) is 2.22. The van der Waals surface area contributed by atoms with Crippen molar-refractivity contribution >= 4 is 11.9 Å². The summed E-state index contributed by atoms with van der Waals surface area (Å²) in [6, 6.07) is -0.881. The number of nitrogens with zero attached hydrogens (tertiary/aromatic N) is 1. The first kappa shape index (κ1) is 12.2. The molecule has 0 saturated heterocycles. The zero-order valence-corrected chi connectivity index (χ0v) is 9.19. The lowest BCUT2D eigenvalue weighted by Gasteiger charge is -2.12. The first-order valence-corrected chi connectivity index (χ1v) is 5.00. The maximum atomic E-state index is 11.6. The number of carbonyl (C=O) groups excluding carboxylic acids is 1. The maximum Gasteiger partial charge on any atom is 0.326 e. The Morgan fingerprint density at radius 2 is 2.31 bits per heavy atom. The summed E-state index contributed by atoms with van der Waals surface area (Å²) in [5.41, 5.74) is 0.127. The van der Waals surface area contributed by atoms with E-state index in [-0.39, 0.29) is 5.69 Å². The molecule has 6 heteroatoms. The molecule has 0 spiro atoms. The average molecular weight is 226 g/mol. The molecule has 88 valence electrons. The third-order valence-electron chi connectivity index (χ3n) is 2.14. The molecule has 1 atom stereocenters. The van der Waals surface area contributed by atoms with Gasteiger partial charge in [0.05, 0.1) is 0 Å². The number of rotatable bonds is 5. The number of nitrogens with one attached hydrogen (secondary N) is 1. The highest BCUT2D eigenvalue weighted by Gasteiger charge is 2.22. The van der Waals surface area contributed by atoms with Crippen LogP contribution in [0, 0.1) is 6.92 Å². The fourth-order valence-corrected chi connectivity index (χ4v) is 1.30. The van der Waals surface area contributed by atoms with Gasteiger partial charge in [-0.2, -0.15) is 0 Å². The van der Waals surface area contributed by atoms with Gasteiger partial charge in [0.2, 0.25) is 0 Å². The molecule has 16 heavy (non-hydrogen) atoms. The summed E-state index contributed by atoms with van der Waals surface area (Å²) in [4.78, 5) is 26.2. The summed E-state index contributed by atoms with van der Waals surface area (Å²) in [6.45, 7) is 3.45. The Kier molecular flexibility index (Phi) is 4.04. The van der Waals surface area contributed by atoms with Gasteiger partial charge in [0, 0.05) is 0 Å². The van der Waals surface area contributed by atoms with Crippen LogP contribution in [-0.4, -0.2) is 28.0 Å². The summed E-state index contributed by atoms with van der Waals surface area (Å²) in [7, 11) is 0. The van der Waals surface area contributed by atoms with Crippen LogP contribution in [-0.2, 0) is 4.79 Å². The Morgan fingerprint density at radius 1 is 1.62 bits per heavy atom. The van der Waals surface area contributed by atoms with Crippen LogP contribution in [0.5, 0.6) is 0 Å². The van der Waals surface area contributed by atoms with Crippen LogP contribution in [0.1, 0.15) is 36.0 Å². The van der Waals surface area contributed by atoms with Gasteiger partial charge in [-0.05, 0) is 13.3 Å². The molecule has 0 aliphatic carbocycles. The fourth-order valence-electron chi connectivity index (χ4n) is 1.30. The van der Waals surface area contributed by atoms with E-state index in [2.05, 4.69) is 10.3 Å². The van der Waals surface area contributed by atoms with Crippen LogP contribution < -0.4 is 5.32 Å². The van der Waals surface area contributed by atoms with Crippen LogP contribution in [0.3, 0.4) is 0 Å². The molecule has 0 radical (unpaired) electrons. The molecule has 1 amide bonds. The second kappa shape index (κ2) is 5.29. The van der Waals surface area contributed by atoms with Crippen LogP contribution in [0.4, 0.5) is 0 Å². The van der Waals surface area contributed by atoms with Crippen LogP contribution in [0.25, 0.3) is 0 Å². The van der Waals surface area contributed by atoms with E-state index in [0.717, 1.165) is 6.39 Å². The minimum Gasteiger partial charge on any atom is -0.480 e. The number of hydrogen-bond donors (Lipinski definition) is 2. The predicted molar refractivity (Wildman–Crippen MR) is 55.0 cm³/mol. The summed E-state index contributed by atoms with van der Waals surface area (Å²) < 4.78 is 4.87. The molecule has 0 saturated carbocycles. The Balaban J connectivity index is 2.69. The largest absolute Gasteiger partial charge is 0.480 e. The molecule has 0 aliphatic rings. The standard InChI is InChI=1S/C10H14N2O4/c1-3-4-7(10(14)15)12-9(13)8-6(2)16-5-11-8/h5,7H,3-4H2,1-2H3,(H,12,13)(H,14,15)/t7-/m1/s1. The first-order valence-electron chi connectivity index (χ1n) is 5.00. The van der Waals surface area contributed by atoms with Crippen molar-refractivity contribution in [3.8, 4) is 0 Å². The van der Waals surface area contributed by atoms with Crippen LogP contribution >= 0.6 is 0 Å². The van der Waals surface area contributed by atoms with Gasteiger partial charge in [0.1, 0.15) is 11.8 Å². The van der Waals surface area contributed by atoms with E-state index < -0.39 is 17.9 Å². The van der Waals surface area contributed by atoms with Gasteiger partial charge in [-0.15, -0.1) is 0 Å². The van der Waals surface area contributed by atoms with Gasteiger partial charge < -0.3 is 14.8 Å². The van der Waals surface area contributed by atoms with E-state index >= 15 is 0 Å². The second-order valence-corrected chi connectivity index (χ2v) is 3.41. The number of aliphatic carboxylic acids is 1. The normalized spacial score (nSPS) is 12.1. The number of aromatic nitrogens is 1. The van der Waals surface area contributed by atoms with Crippen molar-refractivity contribution in [3.63, 3.8) is 0 Å². The van der Waals surface area contributed by atoms with Crippen molar-refractivity contribution in [3.05, 3.63) is 17.8 Å². The summed E-state index contributed by atoms with van der Waals surface area (Å²) in [5, 5.41) is 11.3. The quantitative estimate of drug-likeness (QED) is 0.780. The molecule has 2 N–H and O–H groups in total. The number of amides is 1. The molecule has 1 aromatic heterocycles. The zero-order valence-electron chi connectivity index (χ0n) is 9.19. The van der Waals surface area contributed by atoms with E-state index in [9.17, 15) is 9.59 Å². The predicted octanol–water partition coefficient (Wildman–Crippen LogP) is 0.966. The van der Waals surface area contributed by atoms with Crippen molar-refractivity contribution in [1.29, 1.82) is 0 Å². The molecule has 1 rings (SSSR count). The monoisotopic (exact) mass is 226 g/mol. The minimum absolute atomic E-state index is 0.127. The third-order valence-corrected chi connectivity index (χ3v) is 2.14. The van der Waals surface area contributed by atoms with Crippen molar-refractivity contribution < 1.29 is 19.1 Å². The first-order chi connectivity index (χ1) is 7.56. The molecule has 6 nitrogen and oxygen atoms in total. The third kappa shape index (κ3) is 2.82. The molecular weight excluding hydrogens is 212 g/mol. The Bertz CT molecular complexity index is 386. The molecule has 0 fully saturated rings. The number of carboxylic acids is 1. The van der Waals surface area contributed by atoms with Gasteiger partial charge in [0.15, 0.2) is 12.1 Å². The van der Waals surface area contributed by atoms with Crippen molar-refractivity contribution in [2.45, 2.75) is 32.7 Å². The lowest BCUT2D eigenvalue weighted by atomic mass is 10.1. The van der Waals surface area contributed by atoms with Gasteiger partial charge in [-0.3, -0.25) is 4.79 Å². The van der Waals surface area contributed by atoms with Gasteiger partial charge in [-0.1, -0.05) is 13.3 Å². The highest BCUT2D eigenvalue weighted by atomic mass is 16.4. The van der Waals surface area contributed by atoms with E-state index in [1.165, 1.54) is 0 Å². The molecule has 0 aliphatic heterocycles. The van der Waals surface area contributed by atoms with E-state index in [1.54, 1.807) is 6.92 Å². The number of hydrogen-bond acceptors (Lipinski definition) is 4. The molecular formula is C10H14N2O4. The number of aryl methyl sites for hydroxylation is 1. The van der Waals surface area contributed by atoms with Crippen molar-refractivity contribution in [1.82, 2.24) is 10.3 Å². The van der Waals surface area contributed by atoms with Gasteiger partial charge in [0.25, 0.3) is 5.91 Å². The van der Waals surface area contributed by atoms with Crippen molar-refractivity contribution in [2.24, 2.45) is 0 Å². The molecule has 0 aromatic carbocycles. The SMILES string of the molecule is CCC[C@@H](NC(=O)c1ncoc1C)C(=O)O. The van der Waals surface area contributed by atoms with E-state index in [0.29, 0.717) is 18.6 Å². The van der Waals surface area contributed by atoms with Crippen LogP contribution in [0.15, 0.2) is 10.8 Å². The van der Waals surface area contributed by atoms with Crippen molar-refractivity contribution in [2.75, 3.05) is 0 Å². The summed E-state index contributed by atoms with van der Waals surface area (Å²) in [5.74, 6) is -1.19. The second-order valence-electron chi connectivity index (χ2n) is 3.41. The number of carbonyl (C=O) groups is 2. The van der Waals surface area contributed by atoms with E-state index in [4.69, 9.17) is 9.52 Å². The molecule has 1 heterocycles. The molecule has 0 unspecified atom stereocenters. The Hall–Kier alpha value is -1.85. The smallest absolute Gasteiger partial charge is 0.326 e. The molecule has 1 aromatic rings. The highest BCUT2D eigenvalue weighted by Crippen LogP contribution is 2.05. The molecule has 0 bridgehead atoms. The highest BCUT2D eigenvalue weighted by molar-refractivity contribution is 5.95. The average Bonchev–Trinajstić information content (AvgIpc) is 2.63. The fraction of sp³-hybridized carbons (Fsp3) is 0.500. The number of carboxylic acid groups (broad SMARTS) is 1. The van der Waals surface area contributed by atoms with Crippen LogP contribution in [0.2, 0.25) is 0 Å². The lowest BCUT2D eigenvalue weighted by Crippen LogP contribution is -2.41. The maximum absolute atomic E-state index is 11.6. The van der Waals surface area contributed by atoms with Gasteiger partial charge in [-0.25, -0.2) is 9.78 Å². The number of oxazole rings is 1. The van der Waals surface area contributed by atoms with E-state index in [1.807, 2.05) is 6.92 Å². The minimum atomic E-state index is -1.05. The Labute approximate surface area is 92.7 Å². The summed E-state index contributed by atoms with van der Waals surface area (Å²) >= 11 is 0.